The van der Waals surface area contributed by atoms with E-state index in [1.165, 1.54) is 81.0 Å². The van der Waals surface area contributed by atoms with Crippen LogP contribution in [0.4, 0.5) is 0 Å². The van der Waals surface area contributed by atoms with Crippen LogP contribution in [-0.2, 0) is 23.2 Å². The first kappa shape index (κ1) is 29.5. The molecular formula is C35H42FeP2-6. The smallest absolute Gasteiger partial charge is 0 e. The molecule has 2 aliphatic rings. The van der Waals surface area contributed by atoms with Crippen molar-refractivity contribution < 1.29 is 17.1 Å². The summed E-state index contributed by atoms with van der Waals surface area (Å²) in [5.74, 6) is 0. The second-order valence-electron chi connectivity index (χ2n) is 10.6. The summed E-state index contributed by atoms with van der Waals surface area (Å²) >= 11 is 0. The van der Waals surface area contributed by atoms with Crippen LogP contribution in [0.15, 0.2) is 109 Å². The standard InChI is InChI=1S/C30H37P2.C5H5.Fe/c1-5-15-26(16-6-1)31(27-17-7-2-8-18-27)24-25-14-13-23-30(25)32(28-19-9-3-10-20-28)29-21-11-4-12-22-29;1-2-4-5-3-1;/h1-2,5-8,13-18,23,28-29H,3-4,9-12,19-22,24H2;1-5H;/q-1;-5;. The fourth-order valence-electron chi connectivity index (χ4n) is 6.28. The minimum Gasteiger partial charge on any atom is -0.748 e. The summed E-state index contributed by atoms with van der Waals surface area (Å²) in [5, 5.41) is 4.82. The molecule has 206 valence electrons. The largest absolute Gasteiger partial charge is 0.748 e. The third-order valence-corrected chi connectivity index (χ3v) is 14.2. The maximum absolute atomic E-state index is 2.55. The average Bonchev–Trinajstić information content (AvgIpc) is 3.70. The summed E-state index contributed by atoms with van der Waals surface area (Å²) in [4.78, 5) is 0. The van der Waals surface area contributed by atoms with E-state index in [9.17, 15) is 0 Å². The van der Waals surface area contributed by atoms with Gasteiger partial charge in [-0.05, 0) is 53.8 Å². The molecule has 0 heterocycles. The Bertz CT molecular complexity index is 1050. The van der Waals surface area contributed by atoms with Crippen molar-refractivity contribution in [2.24, 2.45) is 0 Å². The molecule has 0 aromatic heterocycles. The number of rotatable bonds is 7. The van der Waals surface area contributed by atoms with Gasteiger partial charge in [-0.1, -0.05) is 115 Å². The molecule has 38 heavy (non-hydrogen) atoms. The third-order valence-electron chi connectivity index (χ3n) is 8.11. The first-order valence-corrected chi connectivity index (χ1v) is 17.5. The third kappa shape index (κ3) is 8.03. The van der Waals surface area contributed by atoms with Crippen molar-refractivity contribution in [1.82, 2.24) is 0 Å². The number of hydrogen-bond donors (Lipinski definition) is 0. The molecule has 3 heteroatoms. The van der Waals surface area contributed by atoms with Crippen LogP contribution in [0.3, 0.4) is 0 Å². The van der Waals surface area contributed by atoms with Gasteiger partial charge in [0.2, 0.25) is 0 Å². The molecule has 4 aromatic rings. The first-order chi connectivity index (χ1) is 18.4. The summed E-state index contributed by atoms with van der Waals surface area (Å²) in [6, 6.07) is 40.0. The van der Waals surface area contributed by atoms with Gasteiger partial charge >= 0.3 is 0 Å². The van der Waals surface area contributed by atoms with Crippen LogP contribution in [0.1, 0.15) is 69.8 Å². The Balaban J connectivity index is 0.000000504. The maximum Gasteiger partial charge on any atom is 0 e. The van der Waals surface area contributed by atoms with E-state index in [1.54, 1.807) is 10.9 Å². The van der Waals surface area contributed by atoms with E-state index in [0.717, 1.165) is 11.3 Å². The van der Waals surface area contributed by atoms with Crippen molar-refractivity contribution in [3.63, 3.8) is 0 Å². The Hall–Kier alpha value is -1.48. The van der Waals surface area contributed by atoms with E-state index >= 15 is 0 Å². The van der Waals surface area contributed by atoms with Crippen LogP contribution in [0.25, 0.3) is 0 Å². The molecule has 0 radical (unpaired) electrons. The Morgan fingerprint density at radius 3 is 1.47 bits per heavy atom. The molecular weight excluding hydrogens is 538 g/mol. The van der Waals surface area contributed by atoms with Crippen LogP contribution < -0.4 is 15.9 Å². The molecule has 6 rings (SSSR count). The minimum atomic E-state index is -0.367. The molecule has 0 aliphatic heterocycles. The van der Waals surface area contributed by atoms with Crippen LogP contribution in [0.5, 0.6) is 0 Å². The van der Waals surface area contributed by atoms with Gasteiger partial charge in [0, 0.05) is 17.1 Å². The fraction of sp³-hybridized carbons (Fsp3) is 0.371. The normalized spacial score (nSPS) is 16.6. The van der Waals surface area contributed by atoms with Crippen molar-refractivity contribution in [3.8, 4) is 0 Å². The molecule has 0 spiro atoms. The Labute approximate surface area is 244 Å². The summed E-state index contributed by atoms with van der Waals surface area (Å²) in [5.41, 5.74) is 3.62. The summed E-state index contributed by atoms with van der Waals surface area (Å²) < 4.78 is 0. The van der Waals surface area contributed by atoms with Gasteiger partial charge in [-0.15, -0.1) is 10.9 Å². The Kier molecular flexibility index (Phi) is 12.4. The first-order valence-electron chi connectivity index (χ1n) is 14.5. The zero-order valence-electron chi connectivity index (χ0n) is 22.6. The van der Waals surface area contributed by atoms with Crippen molar-refractivity contribution in [3.05, 3.63) is 115 Å². The maximum atomic E-state index is 2.55. The number of benzene rings is 2. The van der Waals surface area contributed by atoms with Gasteiger partial charge in [-0.2, -0.15) is 6.07 Å². The van der Waals surface area contributed by atoms with Crippen LogP contribution in [0, 0.1) is 0 Å². The predicted molar refractivity (Wildman–Crippen MR) is 167 cm³/mol. The molecule has 0 unspecified atom stereocenters. The second kappa shape index (κ2) is 15.9. The van der Waals surface area contributed by atoms with E-state index in [2.05, 4.69) is 78.9 Å². The zero-order valence-corrected chi connectivity index (χ0v) is 25.5. The van der Waals surface area contributed by atoms with Gasteiger partial charge < -0.3 is 30.3 Å². The molecule has 2 fully saturated rings. The van der Waals surface area contributed by atoms with E-state index in [1.807, 2.05) is 30.3 Å². The van der Waals surface area contributed by atoms with E-state index in [-0.39, 0.29) is 32.9 Å². The predicted octanol–water partition coefficient (Wildman–Crippen LogP) is 9.21. The van der Waals surface area contributed by atoms with Gasteiger partial charge in [0.25, 0.3) is 0 Å². The Morgan fingerprint density at radius 1 is 0.579 bits per heavy atom. The van der Waals surface area contributed by atoms with Gasteiger partial charge in [0.1, 0.15) is 0 Å². The molecule has 2 aliphatic carbocycles. The van der Waals surface area contributed by atoms with Gasteiger partial charge in [-0.3, -0.25) is 0 Å². The molecule has 0 nitrogen and oxygen atoms in total. The topological polar surface area (TPSA) is 0 Å². The zero-order chi connectivity index (χ0) is 25.1. The monoisotopic (exact) mass is 580 g/mol. The van der Waals surface area contributed by atoms with E-state index < -0.39 is 0 Å². The van der Waals surface area contributed by atoms with Gasteiger partial charge in [0.05, 0.1) is 0 Å². The molecule has 2 saturated carbocycles. The molecule has 0 atom stereocenters. The summed E-state index contributed by atoms with van der Waals surface area (Å²) in [6.45, 7) is 0. The average molecular weight is 581 g/mol. The van der Waals surface area contributed by atoms with Crippen molar-refractivity contribution in [2.45, 2.75) is 81.7 Å². The van der Waals surface area contributed by atoms with Crippen LogP contribution in [-0.4, -0.2) is 11.3 Å². The van der Waals surface area contributed by atoms with Crippen molar-refractivity contribution >= 4 is 31.8 Å². The van der Waals surface area contributed by atoms with Crippen molar-refractivity contribution in [1.29, 1.82) is 0 Å². The SMILES string of the molecule is [Fe].[cH-]1[cH-][cH-][cH-][cH-]1.c1ccc(P(C[c-]2cccc2P(C2CCCCC2)C2CCCCC2)c2ccccc2)cc1. The second-order valence-corrected chi connectivity index (χ2v) is 15.6. The van der Waals surface area contributed by atoms with Gasteiger partial charge in [-0.25, -0.2) is 12.1 Å². The molecule has 0 N–H and O–H groups in total. The molecule has 0 amide bonds. The van der Waals surface area contributed by atoms with Crippen LogP contribution >= 0.6 is 15.8 Å². The van der Waals surface area contributed by atoms with Crippen molar-refractivity contribution in [2.75, 3.05) is 0 Å². The molecule has 0 saturated heterocycles. The van der Waals surface area contributed by atoms with Gasteiger partial charge in [0.15, 0.2) is 0 Å². The summed E-state index contributed by atoms with van der Waals surface area (Å²) in [6.07, 6.45) is 15.9. The molecule has 0 bridgehead atoms. The van der Waals surface area contributed by atoms with Crippen LogP contribution in [0.2, 0.25) is 0 Å². The minimum absolute atomic E-state index is 0. The van der Waals surface area contributed by atoms with E-state index in [0.29, 0.717) is 0 Å². The quantitative estimate of drug-likeness (QED) is 0.116. The summed E-state index contributed by atoms with van der Waals surface area (Å²) in [7, 11) is -0.401. The van der Waals surface area contributed by atoms with E-state index in [4.69, 9.17) is 0 Å². The Morgan fingerprint density at radius 2 is 1.03 bits per heavy atom. The molecule has 4 aromatic carbocycles. The number of hydrogen-bond acceptors (Lipinski definition) is 0. The fourth-order valence-corrected chi connectivity index (χ4v) is 12.7.